The summed E-state index contributed by atoms with van der Waals surface area (Å²) in [7, 11) is -3.95. The van der Waals surface area contributed by atoms with E-state index in [1.165, 1.54) is 0 Å². The van der Waals surface area contributed by atoms with Gasteiger partial charge in [0.1, 0.15) is 0 Å². The van der Waals surface area contributed by atoms with Crippen LogP contribution in [-0.2, 0) is 13.2 Å². The van der Waals surface area contributed by atoms with Crippen LogP contribution in [0.15, 0.2) is 0 Å². The lowest BCUT2D eigenvalue weighted by atomic mass is 10.9. The van der Waals surface area contributed by atoms with E-state index >= 15 is 0 Å². The molecule has 0 aromatic heterocycles. The summed E-state index contributed by atoms with van der Waals surface area (Å²) in [4.78, 5) is 8.41. The maximum absolute atomic E-state index is 10.3. The fourth-order valence-electron chi connectivity index (χ4n) is 0.170. The van der Waals surface area contributed by atoms with Crippen LogP contribution in [0.5, 0.6) is 0 Å². The van der Waals surface area contributed by atoms with E-state index in [1.54, 1.807) is 0 Å². The molecule has 0 aliphatic heterocycles. The van der Waals surface area contributed by atoms with Crippen LogP contribution in [0.4, 0.5) is 0 Å². The number of alkyl halides is 1. The fraction of sp³-hybridized carbons (Fsp3) is 1.00. The molecule has 0 saturated heterocycles. The van der Waals surface area contributed by atoms with Crippen molar-refractivity contribution >= 4 is 35.6 Å². The average Bonchev–Trinajstić information content (AvgIpc) is 1.84. The van der Waals surface area contributed by atoms with Crippen molar-refractivity contribution in [3.05, 3.63) is 0 Å². The third-order valence-corrected chi connectivity index (χ3v) is 1.95. The molecule has 0 amide bonds. The number of rotatable bonds is 4. The third-order valence-electron chi connectivity index (χ3n) is 0.419. The van der Waals surface area contributed by atoms with Gasteiger partial charge in [-0.3, -0.25) is 4.52 Å². The van der Waals surface area contributed by atoms with E-state index in [2.05, 4.69) is 36.4 Å². The van der Waals surface area contributed by atoms with Gasteiger partial charge in [-0.25, -0.2) is 4.57 Å². The van der Waals surface area contributed by atoms with Gasteiger partial charge in [0.2, 0.25) is 0 Å². The summed E-state index contributed by atoms with van der Waals surface area (Å²) in [5.41, 5.74) is 0. The van der Waals surface area contributed by atoms with E-state index in [0.717, 1.165) is 0 Å². The van der Waals surface area contributed by atoms with E-state index < -0.39 is 7.82 Å². The van der Waals surface area contributed by atoms with Gasteiger partial charge in [0.05, 0.1) is 18.5 Å². The Morgan fingerprint density at radius 2 is 2.33 bits per heavy atom. The Bertz CT molecular complexity index is 119. The van der Waals surface area contributed by atoms with Crippen LogP contribution in [0.1, 0.15) is 0 Å². The second-order valence-electron chi connectivity index (χ2n) is 1.06. The van der Waals surface area contributed by atoms with Crippen LogP contribution >= 0.6 is 35.6 Å². The number of phosphoric ester groups is 1. The molecule has 0 bridgehead atoms. The Morgan fingerprint density at radius 1 is 1.78 bits per heavy atom. The predicted octanol–water partition coefficient (Wildman–Crippen LogP) is 1.67. The molecule has 56 valence electrons. The summed E-state index contributed by atoms with van der Waals surface area (Å²) in [6.07, 6.45) is 0. The van der Waals surface area contributed by atoms with Crippen LogP contribution in [0.3, 0.4) is 0 Å². The lowest BCUT2D eigenvalue weighted by Crippen LogP contribution is -1.92. The highest BCUT2D eigenvalue weighted by atomic mass is 79.9. The Morgan fingerprint density at radius 3 is 2.67 bits per heavy atom. The summed E-state index contributed by atoms with van der Waals surface area (Å²) in [5, 5.41) is 0.456. The molecule has 1 N–H and O–H groups in total. The molecule has 0 radical (unpaired) electrons. The van der Waals surface area contributed by atoms with Crippen LogP contribution in [0.25, 0.3) is 0 Å². The van der Waals surface area contributed by atoms with Gasteiger partial charge in [0, 0.05) is 5.33 Å². The minimum Gasteiger partial charge on any atom is -0.302 e. The molecule has 7 heteroatoms. The van der Waals surface area contributed by atoms with Gasteiger partial charge in [0.15, 0.2) is 0 Å². The molecular formula is C2H5BrClO4P. The zero-order valence-corrected chi connectivity index (χ0v) is 7.53. The molecule has 0 aliphatic carbocycles. The smallest absolute Gasteiger partial charge is 0.302 e. The van der Waals surface area contributed by atoms with Gasteiger partial charge in [-0.2, -0.15) is 4.08 Å². The zero-order chi connectivity index (χ0) is 7.33. The Balaban J connectivity index is 3.46. The molecule has 9 heavy (non-hydrogen) atoms. The van der Waals surface area contributed by atoms with Crippen molar-refractivity contribution in [2.75, 3.05) is 11.9 Å². The summed E-state index contributed by atoms with van der Waals surface area (Å²) >= 11 is 7.55. The molecule has 0 aromatic rings. The Hall–Kier alpha value is 0.880. The number of phosphoric acid groups is 1. The topological polar surface area (TPSA) is 55.8 Å². The average molecular weight is 239 g/mol. The first kappa shape index (κ1) is 9.88. The second kappa shape index (κ2) is 4.66. The molecule has 0 heterocycles. The van der Waals surface area contributed by atoms with Gasteiger partial charge in [-0.1, -0.05) is 15.9 Å². The van der Waals surface area contributed by atoms with Crippen molar-refractivity contribution in [3.63, 3.8) is 0 Å². The van der Waals surface area contributed by atoms with Crippen molar-refractivity contribution in [2.24, 2.45) is 0 Å². The first-order chi connectivity index (χ1) is 4.12. The third kappa shape index (κ3) is 5.33. The standard InChI is InChI=1S/C2H5BrClO4P/c3-1-2-7-9(5,6)8-4/h1-2H2,(H,5,6). The second-order valence-corrected chi connectivity index (χ2v) is 3.60. The quantitative estimate of drug-likeness (QED) is 0.599. The molecule has 0 rings (SSSR count). The highest BCUT2D eigenvalue weighted by Crippen LogP contribution is 2.44. The molecule has 0 aliphatic rings. The van der Waals surface area contributed by atoms with Crippen LogP contribution in [-0.4, -0.2) is 16.8 Å². The molecular weight excluding hydrogens is 234 g/mol. The zero-order valence-electron chi connectivity index (χ0n) is 4.29. The lowest BCUT2D eigenvalue weighted by Gasteiger charge is -2.03. The molecule has 1 atom stereocenters. The Kier molecular flexibility index (Phi) is 5.11. The summed E-state index contributed by atoms with van der Waals surface area (Å²) in [5.74, 6) is 0. The molecule has 1 unspecified atom stereocenters. The van der Waals surface area contributed by atoms with Crippen molar-refractivity contribution in [3.8, 4) is 0 Å². The fourth-order valence-corrected chi connectivity index (χ4v) is 1.06. The van der Waals surface area contributed by atoms with Crippen molar-refractivity contribution in [1.29, 1.82) is 0 Å². The lowest BCUT2D eigenvalue weighted by molar-refractivity contribution is 0.220. The SMILES string of the molecule is O=P(O)(OCl)OCCBr. The maximum Gasteiger partial charge on any atom is 0.488 e. The predicted molar refractivity (Wildman–Crippen MR) is 36.5 cm³/mol. The highest BCUT2D eigenvalue weighted by molar-refractivity contribution is 9.09. The van der Waals surface area contributed by atoms with Crippen LogP contribution in [0, 0.1) is 0 Å². The van der Waals surface area contributed by atoms with Gasteiger partial charge in [-0.15, -0.1) is 0 Å². The highest BCUT2D eigenvalue weighted by Gasteiger charge is 2.19. The van der Waals surface area contributed by atoms with E-state index in [4.69, 9.17) is 4.89 Å². The minimum absolute atomic E-state index is 0.0838. The number of hydrogen-bond donors (Lipinski definition) is 1. The monoisotopic (exact) mass is 238 g/mol. The van der Waals surface area contributed by atoms with Gasteiger partial charge in [-0.05, 0) is 0 Å². The first-order valence-electron chi connectivity index (χ1n) is 1.96. The molecule has 0 saturated carbocycles. The van der Waals surface area contributed by atoms with Gasteiger partial charge >= 0.3 is 7.82 Å². The number of halogens is 2. The summed E-state index contributed by atoms with van der Waals surface area (Å²) < 4.78 is 18.1. The van der Waals surface area contributed by atoms with E-state index in [9.17, 15) is 4.57 Å². The largest absolute Gasteiger partial charge is 0.488 e. The van der Waals surface area contributed by atoms with Crippen molar-refractivity contribution < 1.29 is 18.1 Å². The summed E-state index contributed by atoms with van der Waals surface area (Å²) in [6, 6.07) is 0. The normalized spacial score (nSPS) is 17.2. The van der Waals surface area contributed by atoms with E-state index in [0.29, 0.717) is 5.33 Å². The van der Waals surface area contributed by atoms with Gasteiger partial charge < -0.3 is 4.89 Å². The van der Waals surface area contributed by atoms with Gasteiger partial charge in [0.25, 0.3) is 0 Å². The van der Waals surface area contributed by atoms with E-state index in [1.807, 2.05) is 0 Å². The molecule has 4 nitrogen and oxygen atoms in total. The number of hydrogen-bond acceptors (Lipinski definition) is 3. The van der Waals surface area contributed by atoms with E-state index in [-0.39, 0.29) is 6.61 Å². The van der Waals surface area contributed by atoms with Crippen LogP contribution < -0.4 is 0 Å². The minimum atomic E-state index is -3.95. The molecule has 0 spiro atoms. The maximum atomic E-state index is 10.3. The Labute approximate surface area is 66.0 Å². The molecule has 0 fully saturated rings. The molecule has 0 aromatic carbocycles. The van der Waals surface area contributed by atoms with Crippen molar-refractivity contribution in [1.82, 2.24) is 0 Å². The first-order valence-corrected chi connectivity index (χ1v) is 4.88. The van der Waals surface area contributed by atoms with Crippen LogP contribution in [0.2, 0.25) is 0 Å². The summed E-state index contributed by atoms with van der Waals surface area (Å²) in [6.45, 7) is 0.0838. The van der Waals surface area contributed by atoms with Crippen molar-refractivity contribution in [2.45, 2.75) is 0 Å².